The minimum Gasteiger partial charge on any atom is -0.394 e. The molecule has 2 unspecified atom stereocenters. The molecule has 0 rings (SSSR count). The maximum absolute atomic E-state index is 9.66. The molecule has 0 amide bonds. The number of likely N-dealkylation sites (N-methyl/N-ethyl adjacent to an activating group) is 1. The third-order valence-corrected chi connectivity index (χ3v) is 3.44. The van der Waals surface area contributed by atoms with E-state index in [0.717, 1.165) is 13.1 Å². The van der Waals surface area contributed by atoms with Crippen LogP contribution in [0.5, 0.6) is 0 Å². The summed E-state index contributed by atoms with van der Waals surface area (Å²) in [4.78, 5) is 2.16. The van der Waals surface area contributed by atoms with E-state index in [1.54, 1.807) is 0 Å². The molecule has 0 bridgehead atoms. The van der Waals surface area contributed by atoms with Crippen LogP contribution in [0.2, 0.25) is 0 Å². The van der Waals surface area contributed by atoms with E-state index in [4.69, 9.17) is 10.2 Å². The SMILES string of the molecule is CCN(CC)CC(O)CSCC(O)CO. The number of hydrogen-bond acceptors (Lipinski definition) is 5. The molecule has 2 atom stereocenters. The minimum atomic E-state index is -0.671. The molecular formula is C10H23NO3S. The van der Waals surface area contributed by atoms with E-state index in [9.17, 15) is 5.11 Å². The number of rotatable bonds is 9. The summed E-state index contributed by atoms with van der Waals surface area (Å²) in [6, 6.07) is 0. The van der Waals surface area contributed by atoms with Gasteiger partial charge in [-0.05, 0) is 13.1 Å². The normalized spacial score (nSPS) is 15.6. The van der Waals surface area contributed by atoms with Crippen molar-refractivity contribution in [1.29, 1.82) is 0 Å². The second-order valence-electron chi connectivity index (χ2n) is 3.51. The van der Waals surface area contributed by atoms with Crippen molar-refractivity contribution >= 4 is 11.8 Å². The lowest BCUT2D eigenvalue weighted by atomic mass is 10.3. The van der Waals surface area contributed by atoms with Gasteiger partial charge in [0.25, 0.3) is 0 Å². The highest BCUT2D eigenvalue weighted by Crippen LogP contribution is 2.06. The first-order valence-electron chi connectivity index (χ1n) is 5.41. The standard InChI is InChI=1S/C10H23NO3S/c1-3-11(4-2)5-9(13)7-15-8-10(14)6-12/h9-10,12-14H,3-8H2,1-2H3. The summed E-state index contributed by atoms with van der Waals surface area (Å²) >= 11 is 1.47. The van der Waals surface area contributed by atoms with Gasteiger partial charge in [-0.25, -0.2) is 0 Å². The summed E-state index contributed by atoms with van der Waals surface area (Å²) in [7, 11) is 0. The molecule has 4 nitrogen and oxygen atoms in total. The van der Waals surface area contributed by atoms with E-state index in [2.05, 4.69) is 18.7 Å². The van der Waals surface area contributed by atoms with E-state index >= 15 is 0 Å². The van der Waals surface area contributed by atoms with Crippen LogP contribution < -0.4 is 0 Å². The molecule has 5 heteroatoms. The Labute approximate surface area is 96.3 Å². The fourth-order valence-corrected chi connectivity index (χ4v) is 2.12. The van der Waals surface area contributed by atoms with Gasteiger partial charge in [0.05, 0.1) is 18.8 Å². The van der Waals surface area contributed by atoms with Crippen LogP contribution >= 0.6 is 11.8 Å². The van der Waals surface area contributed by atoms with Crippen LogP contribution in [0.25, 0.3) is 0 Å². The van der Waals surface area contributed by atoms with E-state index in [1.165, 1.54) is 11.8 Å². The van der Waals surface area contributed by atoms with Crippen LogP contribution in [0.4, 0.5) is 0 Å². The fourth-order valence-electron chi connectivity index (χ4n) is 1.23. The first kappa shape index (κ1) is 15.2. The van der Waals surface area contributed by atoms with Gasteiger partial charge in [0.2, 0.25) is 0 Å². The number of hydrogen-bond donors (Lipinski definition) is 3. The smallest absolute Gasteiger partial charge is 0.0861 e. The van der Waals surface area contributed by atoms with Crippen molar-refractivity contribution in [2.45, 2.75) is 26.1 Å². The first-order chi connectivity index (χ1) is 7.13. The van der Waals surface area contributed by atoms with Crippen molar-refractivity contribution in [1.82, 2.24) is 4.90 Å². The lowest BCUT2D eigenvalue weighted by molar-refractivity contribution is 0.113. The van der Waals surface area contributed by atoms with Gasteiger partial charge in [-0.2, -0.15) is 11.8 Å². The Kier molecular flexibility index (Phi) is 9.54. The average Bonchev–Trinajstić information content (AvgIpc) is 2.25. The average molecular weight is 237 g/mol. The third kappa shape index (κ3) is 8.04. The van der Waals surface area contributed by atoms with Gasteiger partial charge in [0.15, 0.2) is 0 Å². The summed E-state index contributed by atoms with van der Waals surface area (Å²) in [5.41, 5.74) is 0. The zero-order chi connectivity index (χ0) is 11.7. The zero-order valence-corrected chi connectivity index (χ0v) is 10.4. The molecule has 0 aromatic rings. The molecule has 0 aliphatic rings. The van der Waals surface area contributed by atoms with Gasteiger partial charge in [-0.15, -0.1) is 0 Å². The molecule has 0 saturated heterocycles. The molecule has 0 fully saturated rings. The van der Waals surface area contributed by atoms with Crippen LogP contribution in [-0.2, 0) is 0 Å². The molecule has 3 N–H and O–H groups in total. The Morgan fingerprint density at radius 2 is 1.60 bits per heavy atom. The quantitative estimate of drug-likeness (QED) is 0.517. The monoisotopic (exact) mass is 237 g/mol. The summed E-state index contributed by atoms with van der Waals surface area (Å²) in [6.45, 7) is 6.49. The summed E-state index contributed by atoms with van der Waals surface area (Å²) in [5.74, 6) is 1.08. The van der Waals surface area contributed by atoms with Gasteiger partial charge < -0.3 is 20.2 Å². The molecule has 0 aromatic heterocycles. The predicted molar refractivity (Wildman–Crippen MR) is 64.2 cm³/mol. The molecule has 0 heterocycles. The van der Waals surface area contributed by atoms with Crippen molar-refractivity contribution in [2.75, 3.05) is 37.7 Å². The van der Waals surface area contributed by atoms with Gasteiger partial charge in [0, 0.05) is 18.1 Å². The Bertz CT molecular complexity index is 145. The van der Waals surface area contributed by atoms with Crippen LogP contribution in [-0.4, -0.2) is 70.2 Å². The van der Waals surface area contributed by atoms with Crippen molar-refractivity contribution < 1.29 is 15.3 Å². The fraction of sp³-hybridized carbons (Fsp3) is 1.00. The first-order valence-corrected chi connectivity index (χ1v) is 6.56. The Balaban J connectivity index is 3.51. The Morgan fingerprint density at radius 1 is 1.07 bits per heavy atom. The van der Waals surface area contributed by atoms with Crippen LogP contribution in [0.3, 0.4) is 0 Å². The van der Waals surface area contributed by atoms with E-state index in [0.29, 0.717) is 18.1 Å². The number of aliphatic hydroxyl groups is 3. The van der Waals surface area contributed by atoms with Crippen LogP contribution in [0, 0.1) is 0 Å². The molecule has 0 aliphatic heterocycles. The lowest BCUT2D eigenvalue weighted by Gasteiger charge is -2.21. The lowest BCUT2D eigenvalue weighted by Crippen LogP contribution is -2.33. The van der Waals surface area contributed by atoms with Gasteiger partial charge in [-0.3, -0.25) is 0 Å². The second kappa shape index (κ2) is 9.42. The molecule has 0 aromatic carbocycles. The largest absolute Gasteiger partial charge is 0.394 e. The highest BCUT2D eigenvalue weighted by molar-refractivity contribution is 7.99. The second-order valence-corrected chi connectivity index (χ2v) is 4.59. The third-order valence-electron chi connectivity index (χ3n) is 2.19. The molecule has 0 spiro atoms. The minimum absolute atomic E-state index is 0.209. The number of aliphatic hydroxyl groups excluding tert-OH is 3. The Hall–Kier alpha value is 0.190. The van der Waals surface area contributed by atoms with Crippen molar-refractivity contribution in [3.05, 3.63) is 0 Å². The molecule has 0 aliphatic carbocycles. The van der Waals surface area contributed by atoms with Crippen molar-refractivity contribution in [3.8, 4) is 0 Å². The Morgan fingerprint density at radius 3 is 2.07 bits per heavy atom. The number of thioether (sulfide) groups is 1. The number of nitrogens with zero attached hydrogens (tertiary/aromatic N) is 1. The maximum atomic E-state index is 9.66. The highest BCUT2D eigenvalue weighted by atomic mass is 32.2. The molecule has 15 heavy (non-hydrogen) atoms. The zero-order valence-electron chi connectivity index (χ0n) is 9.59. The summed E-state index contributed by atoms with van der Waals surface area (Å²) < 4.78 is 0. The summed E-state index contributed by atoms with van der Waals surface area (Å²) in [5, 5.41) is 27.3. The molecule has 0 radical (unpaired) electrons. The maximum Gasteiger partial charge on any atom is 0.0861 e. The topological polar surface area (TPSA) is 63.9 Å². The molecule has 0 saturated carbocycles. The van der Waals surface area contributed by atoms with E-state index in [1.807, 2.05) is 0 Å². The highest BCUT2D eigenvalue weighted by Gasteiger charge is 2.10. The van der Waals surface area contributed by atoms with Crippen molar-refractivity contribution in [3.63, 3.8) is 0 Å². The van der Waals surface area contributed by atoms with Crippen LogP contribution in [0.1, 0.15) is 13.8 Å². The molecular weight excluding hydrogens is 214 g/mol. The van der Waals surface area contributed by atoms with Crippen LogP contribution in [0.15, 0.2) is 0 Å². The van der Waals surface area contributed by atoms with Crippen molar-refractivity contribution in [2.24, 2.45) is 0 Å². The van der Waals surface area contributed by atoms with E-state index in [-0.39, 0.29) is 12.7 Å². The predicted octanol–water partition coefficient (Wildman–Crippen LogP) is -0.225. The van der Waals surface area contributed by atoms with Gasteiger partial charge in [0.1, 0.15) is 0 Å². The molecule has 92 valence electrons. The summed E-state index contributed by atoms with van der Waals surface area (Å²) in [6.07, 6.45) is -1.03. The van der Waals surface area contributed by atoms with Gasteiger partial charge >= 0.3 is 0 Å². The van der Waals surface area contributed by atoms with E-state index < -0.39 is 6.10 Å². The van der Waals surface area contributed by atoms with Gasteiger partial charge in [-0.1, -0.05) is 13.8 Å².